The number of thioether (sulfide) groups is 1. The number of benzene rings is 2. The number of amides is 1. The molecule has 0 aliphatic carbocycles. The summed E-state index contributed by atoms with van der Waals surface area (Å²) in [6.45, 7) is 8.75. The summed E-state index contributed by atoms with van der Waals surface area (Å²) in [6, 6.07) is 14.6. The van der Waals surface area contributed by atoms with E-state index in [0.29, 0.717) is 11.7 Å². The summed E-state index contributed by atoms with van der Waals surface area (Å²) in [7, 11) is 3.63. The molecule has 0 unspecified atom stereocenters. The van der Waals surface area contributed by atoms with E-state index in [0.717, 1.165) is 17.0 Å². The van der Waals surface area contributed by atoms with Crippen LogP contribution < -0.4 is 0 Å². The molecule has 31 heavy (non-hydrogen) atoms. The van der Waals surface area contributed by atoms with Gasteiger partial charge in [0.15, 0.2) is 11.0 Å². The van der Waals surface area contributed by atoms with Crippen molar-refractivity contribution < 1.29 is 9.18 Å². The number of carbonyl (C=O) groups is 1. The maximum atomic E-state index is 13.4. The molecular weight excluding hydrogens is 411 g/mol. The lowest BCUT2D eigenvalue weighted by Crippen LogP contribution is -2.33. The van der Waals surface area contributed by atoms with Crippen LogP contribution in [0.2, 0.25) is 0 Å². The Morgan fingerprint density at radius 2 is 1.84 bits per heavy atom. The summed E-state index contributed by atoms with van der Waals surface area (Å²) in [5.41, 5.74) is 3.09. The molecule has 7 heteroatoms. The van der Waals surface area contributed by atoms with Crippen LogP contribution in [0.3, 0.4) is 0 Å². The van der Waals surface area contributed by atoms with Crippen LogP contribution >= 0.6 is 11.8 Å². The molecule has 0 aliphatic heterocycles. The van der Waals surface area contributed by atoms with E-state index in [2.05, 4.69) is 55.2 Å². The second-order valence-corrected chi connectivity index (χ2v) is 10.1. The zero-order valence-corrected chi connectivity index (χ0v) is 19.7. The molecule has 0 fully saturated rings. The minimum atomic E-state index is -0.349. The Balaban J connectivity index is 1.68. The van der Waals surface area contributed by atoms with Gasteiger partial charge in [-0.2, -0.15) is 0 Å². The van der Waals surface area contributed by atoms with Crippen LogP contribution in [0.1, 0.15) is 38.8 Å². The van der Waals surface area contributed by atoms with Crippen LogP contribution in [0.5, 0.6) is 0 Å². The van der Waals surface area contributed by atoms with Crippen LogP contribution in [-0.2, 0) is 23.8 Å². The Hall–Kier alpha value is -2.67. The fourth-order valence-electron chi connectivity index (χ4n) is 3.29. The Kier molecular flexibility index (Phi) is 6.84. The first-order valence-electron chi connectivity index (χ1n) is 10.2. The second-order valence-electron chi connectivity index (χ2n) is 8.78. The van der Waals surface area contributed by atoms with Crippen molar-refractivity contribution in [2.75, 3.05) is 7.05 Å². The van der Waals surface area contributed by atoms with Crippen molar-refractivity contribution in [2.24, 2.45) is 7.05 Å². The molecular formula is C24H29FN4OS. The van der Waals surface area contributed by atoms with Gasteiger partial charge in [0, 0.05) is 26.2 Å². The highest BCUT2D eigenvalue weighted by atomic mass is 32.2. The van der Waals surface area contributed by atoms with Gasteiger partial charge in [0.2, 0.25) is 5.91 Å². The quantitative estimate of drug-likeness (QED) is 0.503. The van der Waals surface area contributed by atoms with Crippen molar-refractivity contribution in [1.29, 1.82) is 0 Å². The van der Waals surface area contributed by atoms with Gasteiger partial charge >= 0.3 is 0 Å². The van der Waals surface area contributed by atoms with Gasteiger partial charge in [0.1, 0.15) is 5.82 Å². The van der Waals surface area contributed by atoms with Gasteiger partial charge in [-0.25, -0.2) is 4.39 Å². The lowest BCUT2D eigenvalue weighted by molar-refractivity contribution is -0.129. The van der Waals surface area contributed by atoms with E-state index >= 15 is 0 Å². The Morgan fingerprint density at radius 1 is 1.16 bits per heavy atom. The third-order valence-corrected chi connectivity index (χ3v) is 6.28. The fraction of sp³-hybridized carbons (Fsp3) is 0.375. The molecule has 0 spiro atoms. The average Bonchev–Trinajstić information content (AvgIpc) is 3.07. The smallest absolute Gasteiger partial charge is 0.235 e. The number of hydrogen-bond acceptors (Lipinski definition) is 4. The molecule has 0 bridgehead atoms. The van der Waals surface area contributed by atoms with Gasteiger partial charge in [0.25, 0.3) is 0 Å². The van der Waals surface area contributed by atoms with Gasteiger partial charge in [0.05, 0.1) is 5.25 Å². The summed E-state index contributed by atoms with van der Waals surface area (Å²) in [4.78, 5) is 14.4. The summed E-state index contributed by atoms with van der Waals surface area (Å²) >= 11 is 1.37. The van der Waals surface area contributed by atoms with E-state index < -0.39 is 0 Å². The van der Waals surface area contributed by atoms with E-state index in [-0.39, 0.29) is 22.4 Å². The molecule has 0 radical (unpaired) electrons. The predicted octanol–water partition coefficient (Wildman–Crippen LogP) is 5.06. The summed E-state index contributed by atoms with van der Waals surface area (Å²) in [6.07, 6.45) is 0. The molecule has 1 atom stereocenters. The van der Waals surface area contributed by atoms with Crippen LogP contribution in [0.4, 0.5) is 4.39 Å². The van der Waals surface area contributed by atoms with Crippen molar-refractivity contribution in [3.63, 3.8) is 0 Å². The van der Waals surface area contributed by atoms with Crippen LogP contribution in [0.25, 0.3) is 11.4 Å². The number of nitrogens with zero attached hydrogens (tertiary/aromatic N) is 4. The molecule has 0 N–H and O–H groups in total. The summed E-state index contributed by atoms with van der Waals surface area (Å²) < 4.78 is 15.3. The monoisotopic (exact) mass is 440 g/mol. The molecule has 3 rings (SSSR count). The van der Waals surface area contributed by atoms with Gasteiger partial charge in [-0.15, -0.1) is 10.2 Å². The maximum Gasteiger partial charge on any atom is 0.235 e. The molecule has 0 saturated carbocycles. The highest BCUT2D eigenvalue weighted by molar-refractivity contribution is 8.00. The predicted molar refractivity (Wildman–Crippen MR) is 123 cm³/mol. The first kappa shape index (κ1) is 23.0. The average molecular weight is 441 g/mol. The number of halogens is 1. The molecule has 1 heterocycles. The second kappa shape index (κ2) is 9.22. The number of carbonyl (C=O) groups excluding carboxylic acids is 1. The minimum Gasteiger partial charge on any atom is -0.340 e. The normalized spacial score (nSPS) is 12.6. The highest BCUT2D eigenvalue weighted by Crippen LogP contribution is 2.28. The first-order valence-corrected chi connectivity index (χ1v) is 11.1. The third-order valence-electron chi connectivity index (χ3n) is 5.16. The van der Waals surface area contributed by atoms with Crippen molar-refractivity contribution in [1.82, 2.24) is 19.7 Å². The van der Waals surface area contributed by atoms with E-state index in [9.17, 15) is 9.18 Å². The van der Waals surface area contributed by atoms with Gasteiger partial charge < -0.3 is 9.47 Å². The Morgan fingerprint density at radius 3 is 2.45 bits per heavy atom. The van der Waals surface area contributed by atoms with Gasteiger partial charge in [-0.3, -0.25) is 4.79 Å². The zero-order chi connectivity index (χ0) is 22.8. The number of aromatic nitrogens is 3. The van der Waals surface area contributed by atoms with E-state index in [4.69, 9.17) is 0 Å². The standard InChI is InChI=1S/C24H29FN4OS/c1-16(22(30)28(5)15-17-8-7-9-20(25)14-17)31-23-27-26-21(29(23)6)18-10-12-19(13-11-18)24(2,3)4/h7-14,16H,15H2,1-6H3/t16-/m1/s1. The molecule has 0 aliphatic rings. The Bertz CT molecular complexity index is 1060. The molecule has 1 aromatic heterocycles. The first-order chi connectivity index (χ1) is 14.6. The highest BCUT2D eigenvalue weighted by Gasteiger charge is 2.22. The number of hydrogen-bond donors (Lipinski definition) is 0. The SMILES string of the molecule is C[C@@H](Sc1nnc(-c2ccc(C(C)(C)C)cc2)n1C)C(=O)N(C)Cc1cccc(F)c1. The molecule has 3 aromatic rings. The van der Waals surface area contributed by atoms with Crippen LogP contribution in [0.15, 0.2) is 53.7 Å². The van der Waals surface area contributed by atoms with Crippen LogP contribution in [-0.4, -0.2) is 37.9 Å². The topological polar surface area (TPSA) is 51.0 Å². The van der Waals surface area contributed by atoms with Crippen molar-refractivity contribution in [3.05, 3.63) is 65.5 Å². The fourth-order valence-corrected chi connectivity index (χ4v) is 4.22. The largest absolute Gasteiger partial charge is 0.340 e. The Labute approximate surface area is 187 Å². The molecule has 0 saturated heterocycles. The van der Waals surface area contributed by atoms with Gasteiger partial charge in [-0.05, 0) is 35.6 Å². The van der Waals surface area contributed by atoms with E-state index in [1.807, 2.05) is 24.6 Å². The van der Waals surface area contributed by atoms with E-state index in [1.165, 1.54) is 29.5 Å². The third kappa shape index (κ3) is 5.53. The summed E-state index contributed by atoms with van der Waals surface area (Å²) in [5.74, 6) is 0.409. The summed E-state index contributed by atoms with van der Waals surface area (Å²) in [5, 5.41) is 8.96. The molecule has 164 valence electrons. The maximum absolute atomic E-state index is 13.4. The van der Waals surface area contributed by atoms with Gasteiger partial charge in [-0.1, -0.05) is 68.9 Å². The van der Waals surface area contributed by atoms with Crippen molar-refractivity contribution in [3.8, 4) is 11.4 Å². The van der Waals surface area contributed by atoms with E-state index in [1.54, 1.807) is 18.0 Å². The lowest BCUT2D eigenvalue weighted by Gasteiger charge is -2.21. The lowest BCUT2D eigenvalue weighted by atomic mass is 9.87. The zero-order valence-electron chi connectivity index (χ0n) is 18.9. The van der Waals surface area contributed by atoms with Crippen molar-refractivity contribution in [2.45, 2.75) is 50.1 Å². The van der Waals surface area contributed by atoms with Crippen LogP contribution in [0, 0.1) is 5.82 Å². The molecule has 1 amide bonds. The van der Waals surface area contributed by atoms with Crippen molar-refractivity contribution >= 4 is 17.7 Å². The molecule has 2 aromatic carbocycles. The molecule has 5 nitrogen and oxygen atoms in total. The minimum absolute atomic E-state index is 0.0478. The number of rotatable bonds is 6.